The van der Waals surface area contributed by atoms with Gasteiger partial charge in [-0.15, -0.1) is 0 Å². The van der Waals surface area contributed by atoms with E-state index in [0.29, 0.717) is 5.57 Å². The number of fused-ring (bicyclic) bond motifs is 1. The summed E-state index contributed by atoms with van der Waals surface area (Å²) in [7, 11) is 0. The molecule has 0 amide bonds. The van der Waals surface area contributed by atoms with Gasteiger partial charge >= 0.3 is 5.97 Å². The number of carboxylic acids is 1. The molecule has 3 nitrogen and oxygen atoms in total. The summed E-state index contributed by atoms with van der Waals surface area (Å²) in [5.41, 5.74) is 3.44. The molecule has 0 atom stereocenters. The molecule has 1 aliphatic heterocycles. The van der Waals surface area contributed by atoms with Crippen LogP contribution in [0.4, 0.5) is 0 Å². The Balaban J connectivity index is 2.51. The predicted octanol–water partition coefficient (Wildman–Crippen LogP) is 2.16. The minimum Gasteiger partial charge on any atom is -0.488 e. The maximum absolute atomic E-state index is 10.8. The number of aryl methyl sites for hydroxylation is 2. The van der Waals surface area contributed by atoms with Gasteiger partial charge in [-0.05, 0) is 43.2 Å². The van der Waals surface area contributed by atoms with Crippen LogP contribution in [0.3, 0.4) is 0 Å². The molecular formula is C12H12O3. The van der Waals surface area contributed by atoms with Gasteiger partial charge in [0.05, 0.1) is 5.57 Å². The van der Waals surface area contributed by atoms with Gasteiger partial charge in [0.2, 0.25) is 0 Å². The summed E-state index contributed by atoms with van der Waals surface area (Å²) in [5, 5.41) is 8.84. The van der Waals surface area contributed by atoms with E-state index in [0.717, 1.165) is 22.4 Å². The molecule has 3 heteroatoms. The van der Waals surface area contributed by atoms with Gasteiger partial charge < -0.3 is 9.84 Å². The number of carboxylic acid groups (broad SMARTS) is 1. The fraction of sp³-hybridized carbons (Fsp3) is 0.250. The van der Waals surface area contributed by atoms with Crippen molar-refractivity contribution in [2.45, 2.75) is 13.8 Å². The molecule has 0 saturated carbocycles. The molecule has 0 unspecified atom stereocenters. The van der Waals surface area contributed by atoms with E-state index in [9.17, 15) is 4.79 Å². The molecule has 0 bridgehead atoms. The van der Waals surface area contributed by atoms with Gasteiger partial charge in [0.15, 0.2) is 0 Å². The molecule has 0 aromatic heterocycles. The molecule has 0 fully saturated rings. The Bertz CT molecular complexity index is 458. The SMILES string of the molecule is Cc1cc2c(cc1C)OCC(C(=O)O)=C2. The molecule has 2 rings (SSSR count). The van der Waals surface area contributed by atoms with Gasteiger partial charge in [-0.1, -0.05) is 0 Å². The zero-order valence-electron chi connectivity index (χ0n) is 8.70. The summed E-state index contributed by atoms with van der Waals surface area (Å²) in [6.45, 7) is 4.15. The lowest BCUT2D eigenvalue weighted by atomic mass is 10.0. The van der Waals surface area contributed by atoms with Gasteiger partial charge in [-0.3, -0.25) is 0 Å². The van der Waals surface area contributed by atoms with Crippen LogP contribution in [-0.2, 0) is 4.79 Å². The average Bonchev–Trinajstić information content (AvgIpc) is 2.19. The standard InChI is InChI=1S/C12H12O3/c1-7-3-9-5-10(12(13)14)6-15-11(9)4-8(7)2/h3-5H,6H2,1-2H3,(H,13,14). The summed E-state index contributed by atoms with van der Waals surface area (Å²) in [4.78, 5) is 10.8. The highest BCUT2D eigenvalue weighted by Gasteiger charge is 2.16. The maximum atomic E-state index is 10.8. The number of ether oxygens (including phenoxy) is 1. The monoisotopic (exact) mass is 204 g/mol. The van der Waals surface area contributed by atoms with E-state index in [2.05, 4.69) is 0 Å². The smallest absolute Gasteiger partial charge is 0.335 e. The van der Waals surface area contributed by atoms with Gasteiger partial charge in [-0.2, -0.15) is 0 Å². The van der Waals surface area contributed by atoms with Crippen LogP contribution in [-0.4, -0.2) is 17.7 Å². The highest BCUT2D eigenvalue weighted by Crippen LogP contribution is 2.29. The molecule has 1 aromatic carbocycles. The first-order valence-corrected chi connectivity index (χ1v) is 4.76. The summed E-state index contributed by atoms with van der Waals surface area (Å²) in [6, 6.07) is 3.90. The zero-order chi connectivity index (χ0) is 11.0. The fourth-order valence-corrected chi connectivity index (χ4v) is 1.56. The molecule has 1 N–H and O–H groups in total. The van der Waals surface area contributed by atoms with Crippen LogP contribution in [0.15, 0.2) is 17.7 Å². The largest absolute Gasteiger partial charge is 0.488 e. The number of hydrogen-bond donors (Lipinski definition) is 1. The summed E-state index contributed by atoms with van der Waals surface area (Å²) in [5.74, 6) is -0.151. The first-order chi connectivity index (χ1) is 7.08. The minimum atomic E-state index is -0.918. The Morgan fingerprint density at radius 1 is 1.33 bits per heavy atom. The number of hydrogen-bond acceptors (Lipinski definition) is 2. The predicted molar refractivity (Wildman–Crippen MR) is 57.0 cm³/mol. The molecule has 0 saturated heterocycles. The van der Waals surface area contributed by atoms with Gasteiger partial charge in [0.1, 0.15) is 12.4 Å². The Hall–Kier alpha value is -1.77. The lowest BCUT2D eigenvalue weighted by Gasteiger charge is -2.17. The minimum absolute atomic E-state index is 0.144. The van der Waals surface area contributed by atoms with Crippen LogP contribution >= 0.6 is 0 Å². The molecule has 0 spiro atoms. The Morgan fingerprint density at radius 2 is 2.00 bits per heavy atom. The quantitative estimate of drug-likeness (QED) is 0.762. The molecule has 0 radical (unpaired) electrons. The number of rotatable bonds is 1. The van der Waals surface area contributed by atoms with Crippen molar-refractivity contribution in [3.8, 4) is 5.75 Å². The van der Waals surface area contributed by atoms with E-state index < -0.39 is 5.97 Å². The van der Waals surface area contributed by atoms with Crippen molar-refractivity contribution in [1.82, 2.24) is 0 Å². The van der Waals surface area contributed by atoms with E-state index >= 15 is 0 Å². The Labute approximate surface area is 88.0 Å². The molecular weight excluding hydrogens is 192 g/mol. The summed E-state index contributed by atoms with van der Waals surface area (Å²) < 4.78 is 5.38. The van der Waals surface area contributed by atoms with Crippen LogP contribution in [0.25, 0.3) is 6.08 Å². The normalized spacial score (nSPS) is 13.9. The van der Waals surface area contributed by atoms with Crippen molar-refractivity contribution in [2.24, 2.45) is 0 Å². The van der Waals surface area contributed by atoms with Crippen LogP contribution in [0.1, 0.15) is 16.7 Å². The third-order valence-electron chi connectivity index (χ3n) is 2.61. The molecule has 1 aliphatic rings. The lowest BCUT2D eigenvalue weighted by Crippen LogP contribution is -2.14. The lowest BCUT2D eigenvalue weighted by molar-refractivity contribution is -0.132. The van der Waals surface area contributed by atoms with Gasteiger partial charge in [0, 0.05) is 5.56 Å². The molecule has 1 heterocycles. The Kier molecular flexibility index (Phi) is 2.23. The van der Waals surface area contributed by atoms with Crippen LogP contribution < -0.4 is 4.74 Å². The molecule has 0 aliphatic carbocycles. The van der Waals surface area contributed by atoms with E-state index in [1.165, 1.54) is 0 Å². The second kappa shape index (κ2) is 3.42. The summed E-state index contributed by atoms with van der Waals surface area (Å²) >= 11 is 0. The highest BCUT2D eigenvalue weighted by molar-refractivity contribution is 5.93. The maximum Gasteiger partial charge on any atom is 0.335 e. The first-order valence-electron chi connectivity index (χ1n) is 4.76. The van der Waals surface area contributed by atoms with Crippen molar-refractivity contribution in [3.63, 3.8) is 0 Å². The van der Waals surface area contributed by atoms with Crippen molar-refractivity contribution in [1.29, 1.82) is 0 Å². The highest BCUT2D eigenvalue weighted by atomic mass is 16.5. The van der Waals surface area contributed by atoms with Crippen LogP contribution in [0, 0.1) is 13.8 Å². The number of aliphatic carboxylic acids is 1. The van der Waals surface area contributed by atoms with E-state index in [4.69, 9.17) is 9.84 Å². The topological polar surface area (TPSA) is 46.5 Å². The van der Waals surface area contributed by atoms with Crippen LogP contribution in [0.2, 0.25) is 0 Å². The third-order valence-corrected chi connectivity index (χ3v) is 2.61. The van der Waals surface area contributed by atoms with Gasteiger partial charge in [0.25, 0.3) is 0 Å². The number of benzene rings is 1. The molecule has 15 heavy (non-hydrogen) atoms. The molecule has 78 valence electrons. The number of carbonyl (C=O) groups is 1. The van der Waals surface area contributed by atoms with E-state index in [1.54, 1.807) is 6.08 Å². The average molecular weight is 204 g/mol. The van der Waals surface area contributed by atoms with Crippen molar-refractivity contribution >= 4 is 12.0 Å². The summed E-state index contributed by atoms with van der Waals surface area (Å²) in [6.07, 6.45) is 1.67. The van der Waals surface area contributed by atoms with Gasteiger partial charge in [-0.25, -0.2) is 4.79 Å². The van der Waals surface area contributed by atoms with Crippen molar-refractivity contribution in [2.75, 3.05) is 6.61 Å². The van der Waals surface area contributed by atoms with Crippen molar-refractivity contribution in [3.05, 3.63) is 34.4 Å². The van der Waals surface area contributed by atoms with E-state index in [1.807, 2.05) is 26.0 Å². The van der Waals surface area contributed by atoms with Crippen molar-refractivity contribution < 1.29 is 14.6 Å². The second-order valence-electron chi connectivity index (χ2n) is 3.74. The Morgan fingerprint density at radius 3 is 2.67 bits per heavy atom. The second-order valence-corrected chi connectivity index (χ2v) is 3.74. The first kappa shape index (κ1) is 9.77. The molecule has 1 aromatic rings. The third kappa shape index (κ3) is 1.73. The fourth-order valence-electron chi connectivity index (χ4n) is 1.56. The zero-order valence-corrected chi connectivity index (χ0v) is 8.70. The van der Waals surface area contributed by atoms with E-state index in [-0.39, 0.29) is 6.61 Å². The van der Waals surface area contributed by atoms with Crippen LogP contribution in [0.5, 0.6) is 5.75 Å².